The van der Waals surface area contributed by atoms with E-state index in [1.807, 2.05) is 39.4 Å². The summed E-state index contributed by atoms with van der Waals surface area (Å²) in [5.74, 6) is 0. The quantitative estimate of drug-likeness (QED) is 0.0579. The van der Waals surface area contributed by atoms with Crippen molar-refractivity contribution in [2.24, 2.45) is 0 Å². The van der Waals surface area contributed by atoms with Gasteiger partial charge in [-0.1, -0.05) is 382 Å². The van der Waals surface area contributed by atoms with E-state index in [0.29, 0.717) is 18.7 Å². The van der Waals surface area contributed by atoms with Crippen LogP contribution in [0.25, 0.3) is 11.1 Å². The van der Waals surface area contributed by atoms with Gasteiger partial charge in [-0.15, -0.1) is 0 Å². The zero-order valence-corrected chi connectivity index (χ0v) is 66.5. The molecule has 3 aromatic heterocycles. The molecule has 0 saturated heterocycles. The van der Waals surface area contributed by atoms with Crippen molar-refractivity contribution in [3.05, 3.63) is 435 Å². The maximum atomic E-state index is 8.89. The molecule has 0 aliphatic heterocycles. The van der Waals surface area contributed by atoms with Gasteiger partial charge < -0.3 is 18.9 Å². The van der Waals surface area contributed by atoms with Crippen molar-refractivity contribution < 1.29 is 18.9 Å². The third-order valence-electron chi connectivity index (χ3n) is 16.7. The van der Waals surface area contributed by atoms with E-state index in [-0.39, 0.29) is 18.8 Å². The van der Waals surface area contributed by atoms with Gasteiger partial charge in [-0.05, 0) is 145 Å². The molecule has 2 radical (unpaired) electrons. The maximum Gasteiger partial charge on any atom is 0.490 e. The highest BCUT2D eigenvalue weighted by atomic mass is 31.1. The third kappa shape index (κ3) is 24.8. The van der Waals surface area contributed by atoms with Gasteiger partial charge in [-0.3, -0.25) is 15.0 Å². The SMILES string of the molecule is C=[Si]OCc1ncc(-c2cncc(C)c2)cc1C.C=[Si]OCc1ncc(B(O)O)cc1C.c1ccc(P(c2ccccc2)c2ccccc2)cc1.c1ccc(P(c2ccccc2)c2ccccc2)cc1.c1ccc(P(c2ccccc2)c2ccccc2)cc1.c1ccc(P(c2ccccc2)c2ccccc2)cc1. The van der Waals surface area contributed by atoms with Crippen LogP contribution in [0.15, 0.2) is 407 Å². The Morgan fingerprint density at radius 3 is 0.694 bits per heavy atom. The molecule has 0 fully saturated rings. The average molecular weight is 1510 g/mol. The Hall–Kier alpha value is -10.4. The Labute approximate surface area is 648 Å². The molecule has 0 aliphatic rings. The Balaban J connectivity index is 0.000000139. The van der Waals surface area contributed by atoms with Gasteiger partial charge in [0, 0.05) is 41.4 Å². The summed E-state index contributed by atoms with van der Waals surface area (Å²) in [5, 5.41) is 34.6. The van der Waals surface area contributed by atoms with Crippen molar-refractivity contribution in [2.45, 2.75) is 34.0 Å². The molecule has 0 spiro atoms. The third-order valence-corrected chi connectivity index (χ3v) is 27.2. The predicted octanol–water partition coefficient (Wildman–Crippen LogP) is 14.7. The summed E-state index contributed by atoms with van der Waals surface area (Å²) in [7, 11) is -2.82. The lowest BCUT2D eigenvalue weighted by Crippen LogP contribution is -2.30. The first-order valence-corrected chi connectivity index (χ1v) is 43.0. The highest BCUT2D eigenvalue weighted by molar-refractivity contribution is 7.81. The van der Waals surface area contributed by atoms with Crippen molar-refractivity contribution in [3.8, 4) is 11.1 Å². The first-order chi connectivity index (χ1) is 53.1. The molecule has 7 nitrogen and oxygen atoms in total. The summed E-state index contributed by atoms with van der Waals surface area (Å²) in [5.41, 5.74) is 7.50. The number of aryl methyl sites for hydroxylation is 3. The fourth-order valence-corrected chi connectivity index (χ4v) is 21.2. The van der Waals surface area contributed by atoms with Gasteiger partial charge >= 0.3 is 7.12 Å². The van der Waals surface area contributed by atoms with Gasteiger partial charge in [-0.2, -0.15) is 0 Å². The summed E-state index contributed by atoms with van der Waals surface area (Å²) in [6.45, 7) is 6.87. The van der Waals surface area contributed by atoms with Gasteiger partial charge in [0.1, 0.15) is 13.2 Å². The minimum absolute atomic E-state index is 0.183. The zero-order valence-electron chi connectivity index (χ0n) is 60.9. The largest absolute Gasteiger partial charge is 0.542 e. The van der Waals surface area contributed by atoms with E-state index >= 15 is 0 Å². The summed E-state index contributed by atoms with van der Waals surface area (Å²) in [4.78, 5) is 12.7. The Morgan fingerprint density at radius 2 is 0.500 bits per heavy atom. The van der Waals surface area contributed by atoms with E-state index in [1.54, 1.807) is 6.07 Å². The minimum atomic E-state index is -1.47. The van der Waals surface area contributed by atoms with Crippen LogP contribution in [-0.4, -0.2) is 63.2 Å². The van der Waals surface area contributed by atoms with Gasteiger partial charge in [-0.25, -0.2) is 0 Å². The van der Waals surface area contributed by atoms with E-state index in [9.17, 15) is 0 Å². The predicted molar refractivity (Wildman–Crippen MR) is 472 cm³/mol. The molecule has 0 bridgehead atoms. The zero-order chi connectivity index (χ0) is 75.2. The Bertz CT molecular complexity index is 4190. The molecule has 2 N–H and O–H groups in total. The van der Waals surface area contributed by atoms with Crippen LogP contribution in [-0.2, 0) is 22.1 Å². The summed E-state index contributed by atoms with van der Waals surface area (Å²) in [6, 6.07) is 135. The highest BCUT2D eigenvalue weighted by Crippen LogP contribution is 2.36. The molecule has 108 heavy (non-hydrogen) atoms. The van der Waals surface area contributed by atoms with Crippen LogP contribution >= 0.6 is 31.7 Å². The number of benzene rings is 12. The first kappa shape index (κ1) is 80.1. The maximum absolute atomic E-state index is 8.89. The Morgan fingerprint density at radius 1 is 0.287 bits per heavy atom. The topological polar surface area (TPSA) is 97.6 Å². The van der Waals surface area contributed by atoms with Gasteiger partial charge in [0.15, 0.2) is 0 Å². The summed E-state index contributed by atoms with van der Waals surface area (Å²) >= 11 is 0. The standard InChI is InChI=1S/4C18H15P.C14H15N2OSi.C8H11BNO3Si/c4*1-4-10-16(11-5-1)19(17-12-6-2-7-13-17)18-14-8-3-9-15-18;1-10-4-12(7-15-6-10)13-5-11(2)14(16-8-13)9-17-18-3;1-6-3-7(9(11)12)4-10-8(6)5-13-14-2/h4*1-15H;4-8H,3,9H2,1-2H3;3-4,11-12H,2,5H2,1H3. The molecule has 0 amide bonds. The summed E-state index contributed by atoms with van der Waals surface area (Å²) in [6.07, 6.45) is 14.3. The van der Waals surface area contributed by atoms with E-state index < -0.39 is 38.8 Å². The molecule has 14 heteroatoms. The van der Waals surface area contributed by atoms with Crippen molar-refractivity contribution in [3.63, 3.8) is 0 Å². The molecular weight excluding hydrogens is 1430 g/mol. The van der Waals surface area contributed by atoms with E-state index in [1.165, 1.54) is 69.9 Å². The van der Waals surface area contributed by atoms with E-state index in [0.717, 1.165) is 39.2 Å². The van der Waals surface area contributed by atoms with Crippen molar-refractivity contribution in [1.82, 2.24) is 15.0 Å². The molecule has 0 unspecified atom stereocenters. The normalized spacial score (nSPS) is 10.4. The second kappa shape index (κ2) is 44.6. The smallest absolute Gasteiger partial charge is 0.490 e. The van der Waals surface area contributed by atoms with Gasteiger partial charge in [0.05, 0.1) is 11.4 Å². The lowest BCUT2D eigenvalue weighted by molar-refractivity contribution is 0.329. The molecule has 12 aromatic carbocycles. The lowest BCUT2D eigenvalue weighted by Gasteiger charge is -2.18. The number of hydrogen-bond acceptors (Lipinski definition) is 7. The van der Waals surface area contributed by atoms with E-state index in [4.69, 9.17) is 18.9 Å². The second-order valence-corrected chi connectivity index (χ2v) is 34.4. The fourth-order valence-electron chi connectivity index (χ4n) is 11.5. The second-order valence-electron chi connectivity index (χ2n) is 24.4. The molecular formula is C94H86BN3O4P4Si2. The van der Waals surface area contributed by atoms with Crippen LogP contribution in [0.3, 0.4) is 0 Å². The van der Waals surface area contributed by atoms with Crippen molar-refractivity contribution in [2.75, 3.05) is 0 Å². The highest BCUT2D eigenvalue weighted by Gasteiger charge is 2.20. The number of hydrogen-bond donors (Lipinski definition) is 2. The molecule has 0 atom stereocenters. The van der Waals surface area contributed by atoms with Crippen LogP contribution in [0.4, 0.5) is 0 Å². The number of pyridine rings is 3. The monoisotopic (exact) mass is 1510 g/mol. The number of aromatic nitrogens is 3. The molecule has 0 aliphatic carbocycles. The number of rotatable bonds is 20. The average Bonchev–Trinajstić information content (AvgIpc) is 0.812. The Kier molecular flexibility index (Phi) is 33.1. The molecule has 15 aromatic rings. The molecule has 15 rings (SSSR count). The van der Waals surface area contributed by atoms with Gasteiger partial charge in [0.25, 0.3) is 18.8 Å². The van der Waals surface area contributed by atoms with Crippen molar-refractivity contribution >= 4 is 139 Å². The lowest BCUT2D eigenvalue weighted by atomic mass is 9.81. The summed E-state index contributed by atoms with van der Waals surface area (Å²) < 4.78 is 10.4. The first-order valence-electron chi connectivity index (χ1n) is 35.4. The molecule has 3 heterocycles. The molecule has 0 saturated carbocycles. The van der Waals surface area contributed by atoms with E-state index in [2.05, 4.69) is 403 Å². The number of nitrogens with zero attached hydrogens (tertiary/aromatic N) is 3. The van der Waals surface area contributed by atoms with Crippen LogP contribution in [0.1, 0.15) is 28.1 Å². The van der Waals surface area contributed by atoms with Crippen LogP contribution in [0.5, 0.6) is 0 Å². The van der Waals surface area contributed by atoms with Crippen molar-refractivity contribution in [1.29, 1.82) is 0 Å². The minimum Gasteiger partial charge on any atom is -0.542 e. The van der Waals surface area contributed by atoms with Gasteiger partial charge in [0.2, 0.25) is 0 Å². The van der Waals surface area contributed by atoms with Crippen LogP contribution in [0, 0.1) is 20.8 Å². The fraction of sp³-hybridized carbons (Fsp3) is 0.0532. The van der Waals surface area contributed by atoms with Crippen LogP contribution < -0.4 is 69.1 Å². The molecule has 532 valence electrons. The van der Waals surface area contributed by atoms with Crippen LogP contribution in [0.2, 0.25) is 0 Å².